The molecule has 0 fully saturated rings. The Morgan fingerprint density at radius 3 is 2.33 bits per heavy atom. The van der Waals surface area contributed by atoms with Gasteiger partial charge < -0.3 is 19.4 Å². The number of carbonyl (C=O) groups excluding carboxylic acids is 1. The second-order valence-electron chi connectivity index (χ2n) is 8.43. The molecule has 206 valence electrons. The standard InChI is InChI=1S/C26H22ClF3O4.C3H4.CH2O/c27-18-8-10-19(11-9-18)34-24-12-7-16(14-22(24)26(28,29)30)13-17-3-1-5-21-20(17)4-2-6-23(21)33-15-25(31)32;1-3-2;1-2/h2,4,6-12,14,17H,1,3,5,13,15H2,(H,31,32);1-2H2;1H2/t17-;;/m0../s1. The lowest BCUT2D eigenvalue weighted by atomic mass is 9.79. The van der Waals surface area contributed by atoms with E-state index in [0.29, 0.717) is 22.8 Å². The molecular formula is C30H28ClF3O5. The first kappa shape index (κ1) is 31.2. The molecule has 3 aromatic rings. The van der Waals surface area contributed by atoms with E-state index in [-0.39, 0.29) is 17.4 Å². The fourth-order valence-corrected chi connectivity index (χ4v) is 4.45. The summed E-state index contributed by atoms with van der Waals surface area (Å²) in [6.45, 7) is 7.81. The Labute approximate surface area is 230 Å². The average molecular weight is 561 g/mol. The summed E-state index contributed by atoms with van der Waals surface area (Å²) in [5.41, 5.74) is 3.88. The largest absolute Gasteiger partial charge is 0.482 e. The number of carboxylic acid groups (broad SMARTS) is 1. The molecule has 4 rings (SSSR count). The summed E-state index contributed by atoms with van der Waals surface area (Å²) < 4.78 is 52.5. The Bertz CT molecular complexity index is 1280. The lowest BCUT2D eigenvalue weighted by Crippen LogP contribution is -2.16. The second-order valence-corrected chi connectivity index (χ2v) is 8.87. The van der Waals surface area contributed by atoms with E-state index in [1.807, 2.05) is 12.9 Å². The van der Waals surface area contributed by atoms with Crippen LogP contribution >= 0.6 is 11.6 Å². The maximum Gasteiger partial charge on any atom is 0.419 e. The summed E-state index contributed by atoms with van der Waals surface area (Å²) >= 11 is 5.84. The average Bonchev–Trinajstić information content (AvgIpc) is 2.91. The molecule has 3 aromatic carbocycles. The van der Waals surface area contributed by atoms with Crippen LogP contribution in [0, 0.1) is 0 Å². The Kier molecular flexibility index (Phi) is 11.9. The summed E-state index contributed by atoms with van der Waals surface area (Å²) in [4.78, 5) is 18.9. The van der Waals surface area contributed by atoms with Crippen molar-refractivity contribution in [2.24, 2.45) is 0 Å². The third-order valence-electron chi connectivity index (χ3n) is 5.81. The molecular weight excluding hydrogens is 533 g/mol. The molecule has 9 heteroatoms. The van der Waals surface area contributed by atoms with Crippen LogP contribution in [0.1, 0.15) is 41.0 Å². The summed E-state index contributed by atoms with van der Waals surface area (Å²) in [6.07, 6.45) is -1.77. The molecule has 0 amide bonds. The van der Waals surface area contributed by atoms with Crippen molar-refractivity contribution in [3.8, 4) is 17.2 Å². The molecule has 0 spiro atoms. The zero-order valence-electron chi connectivity index (χ0n) is 21.1. The van der Waals surface area contributed by atoms with E-state index < -0.39 is 24.3 Å². The number of benzene rings is 3. The number of hydrogen-bond acceptors (Lipinski definition) is 4. The van der Waals surface area contributed by atoms with Crippen LogP contribution in [0.25, 0.3) is 0 Å². The Balaban J connectivity index is 0.000000998. The minimum absolute atomic E-state index is 0.00115. The quantitative estimate of drug-likeness (QED) is 0.296. The number of rotatable bonds is 7. The molecule has 0 aliphatic heterocycles. The van der Waals surface area contributed by atoms with E-state index in [0.717, 1.165) is 36.5 Å². The number of ether oxygens (including phenoxy) is 2. The first-order valence-electron chi connectivity index (χ1n) is 11.8. The maximum absolute atomic E-state index is 13.9. The van der Waals surface area contributed by atoms with Crippen molar-refractivity contribution in [3.05, 3.63) is 107 Å². The molecule has 1 aliphatic carbocycles. The summed E-state index contributed by atoms with van der Waals surface area (Å²) in [5.74, 6) is -0.552. The van der Waals surface area contributed by atoms with E-state index >= 15 is 0 Å². The van der Waals surface area contributed by atoms with Gasteiger partial charge in [-0.1, -0.05) is 43.0 Å². The zero-order chi connectivity index (χ0) is 29.0. The number of carbonyl (C=O) groups is 2. The van der Waals surface area contributed by atoms with Crippen molar-refractivity contribution in [1.29, 1.82) is 0 Å². The summed E-state index contributed by atoms with van der Waals surface area (Å²) in [5, 5.41) is 9.37. The van der Waals surface area contributed by atoms with Crippen LogP contribution in [0.15, 0.2) is 79.6 Å². The zero-order valence-corrected chi connectivity index (χ0v) is 21.9. The van der Waals surface area contributed by atoms with Crippen LogP contribution < -0.4 is 9.47 Å². The molecule has 0 aromatic heterocycles. The van der Waals surface area contributed by atoms with Crippen molar-refractivity contribution < 1.29 is 37.3 Å². The summed E-state index contributed by atoms with van der Waals surface area (Å²) in [6, 6.07) is 15.7. The van der Waals surface area contributed by atoms with Crippen LogP contribution in [0.2, 0.25) is 5.02 Å². The highest BCUT2D eigenvalue weighted by Crippen LogP contribution is 2.42. The number of aliphatic carboxylic acids is 1. The highest BCUT2D eigenvalue weighted by atomic mass is 35.5. The monoisotopic (exact) mass is 560 g/mol. The predicted octanol–water partition coefficient (Wildman–Crippen LogP) is 8.05. The molecule has 5 nitrogen and oxygen atoms in total. The minimum atomic E-state index is -4.58. The molecule has 39 heavy (non-hydrogen) atoms. The van der Waals surface area contributed by atoms with E-state index in [1.54, 1.807) is 30.3 Å². The molecule has 0 saturated carbocycles. The van der Waals surface area contributed by atoms with Gasteiger partial charge in [0.05, 0.1) is 5.56 Å². The Morgan fingerprint density at radius 1 is 1.05 bits per heavy atom. The number of alkyl halides is 3. The normalized spacial score (nSPS) is 13.8. The van der Waals surface area contributed by atoms with Crippen molar-refractivity contribution in [2.75, 3.05) is 6.61 Å². The fraction of sp³-hybridized carbons (Fsp3) is 0.233. The molecule has 0 unspecified atom stereocenters. The first-order chi connectivity index (χ1) is 18.6. The number of carboxylic acids is 1. The Morgan fingerprint density at radius 2 is 1.72 bits per heavy atom. The molecule has 1 atom stereocenters. The smallest absolute Gasteiger partial charge is 0.419 e. The lowest BCUT2D eigenvalue weighted by molar-refractivity contribution is -0.139. The van der Waals surface area contributed by atoms with Gasteiger partial charge in [-0.2, -0.15) is 13.2 Å². The van der Waals surface area contributed by atoms with Crippen molar-refractivity contribution >= 4 is 24.4 Å². The summed E-state index contributed by atoms with van der Waals surface area (Å²) in [7, 11) is 0. The molecule has 0 heterocycles. The molecule has 0 saturated heterocycles. The van der Waals surface area contributed by atoms with Crippen LogP contribution in [0.3, 0.4) is 0 Å². The van der Waals surface area contributed by atoms with Crippen LogP contribution in [0.5, 0.6) is 17.2 Å². The third kappa shape index (κ3) is 9.06. The number of fused-ring (bicyclic) bond motifs is 1. The van der Waals surface area contributed by atoms with E-state index in [1.165, 1.54) is 18.2 Å². The van der Waals surface area contributed by atoms with Gasteiger partial charge in [-0.15, -0.1) is 5.73 Å². The molecule has 0 radical (unpaired) electrons. The molecule has 1 N–H and O–H groups in total. The predicted molar refractivity (Wildman–Crippen MR) is 144 cm³/mol. The van der Waals surface area contributed by atoms with Crippen LogP contribution in [0.4, 0.5) is 13.2 Å². The van der Waals surface area contributed by atoms with Gasteiger partial charge in [0.25, 0.3) is 0 Å². The third-order valence-corrected chi connectivity index (χ3v) is 6.06. The van der Waals surface area contributed by atoms with Gasteiger partial charge in [0.2, 0.25) is 0 Å². The van der Waals surface area contributed by atoms with Crippen LogP contribution in [-0.2, 0) is 28.6 Å². The highest BCUT2D eigenvalue weighted by Gasteiger charge is 2.35. The van der Waals surface area contributed by atoms with Gasteiger partial charge in [-0.3, -0.25) is 0 Å². The lowest BCUT2D eigenvalue weighted by Gasteiger charge is -2.27. The topological polar surface area (TPSA) is 72.8 Å². The Hall–Kier alpha value is -4.00. The molecule has 0 bridgehead atoms. The highest BCUT2D eigenvalue weighted by molar-refractivity contribution is 6.30. The number of hydrogen-bond donors (Lipinski definition) is 1. The van der Waals surface area contributed by atoms with Gasteiger partial charge >= 0.3 is 12.1 Å². The van der Waals surface area contributed by atoms with Gasteiger partial charge in [-0.25, -0.2) is 4.79 Å². The molecule has 1 aliphatic rings. The number of halogens is 4. The fourth-order valence-electron chi connectivity index (χ4n) is 4.33. The van der Waals surface area contributed by atoms with Gasteiger partial charge in [0.1, 0.15) is 24.0 Å². The maximum atomic E-state index is 13.9. The van der Waals surface area contributed by atoms with Crippen molar-refractivity contribution in [1.82, 2.24) is 0 Å². The van der Waals surface area contributed by atoms with Gasteiger partial charge in [0.15, 0.2) is 6.61 Å². The van der Waals surface area contributed by atoms with E-state index in [4.69, 9.17) is 31.0 Å². The van der Waals surface area contributed by atoms with Gasteiger partial charge in [-0.05, 0) is 90.8 Å². The SMILES string of the molecule is C=C=C.C=O.O=C(O)COc1cccc2c1CCC[C@H]2Cc1ccc(Oc2ccc(Cl)cc2)c(C(F)(F)F)c1. The first-order valence-corrected chi connectivity index (χ1v) is 12.2. The van der Waals surface area contributed by atoms with Crippen LogP contribution in [-0.4, -0.2) is 24.5 Å². The van der Waals surface area contributed by atoms with E-state index in [2.05, 4.69) is 18.9 Å². The minimum Gasteiger partial charge on any atom is -0.482 e. The van der Waals surface area contributed by atoms with Gasteiger partial charge in [0, 0.05) is 5.02 Å². The van der Waals surface area contributed by atoms with E-state index in [9.17, 15) is 18.0 Å². The van der Waals surface area contributed by atoms with Crippen molar-refractivity contribution in [2.45, 2.75) is 37.8 Å². The van der Waals surface area contributed by atoms with Crippen molar-refractivity contribution in [3.63, 3.8) is 0 Å². The second kappa shape index (κ2) is 14.8.